The third-order valence-corrected chi connectivity index (χ3v) is 2.95. The molecule has 0 saturated heterocycles. The molecular weight excluding hydrogens is 210 g/mol. The number of hydrogen-bond acceptors (Lipinski definition) is 4. The van der Waals surface area contributed by atoms with Gasteiger partial charge in [0.25, 0.3) is 5.91 Å². The second-order valence-corrected chi connectivity index (χ2v) is 4.38. The molecule has 0 atom stereocenters. The highest BCUT2D eigenvalue weighted by Crippen LogP contribution is 2.27. The SMILES string of the molecule is CN(CC1CC(O)C1)C(=O)C1=COCCO1. The van der Waals surface area contributed by atoms with Crippen LogP contribution in [-0.4, -0.2) is 48.8 Å². The van der Waals surface area contributed by atoms with Crippen molar-refractivity contribution in [3.63, 3.8) is 0 Å². The quantitative estimate of drug-likeness (QED) is 0.743. The van der Waals surface area contributed by atoms with Crippen LogP contribution >= 0.6 is 0 Å². The topological polar surface area (TPSA) is 59.0 Å². The number of ether oxygens (including phenoxy) is 2. The fourth-order valence-electron chi connectivity index (χ4n) is 1.99. The molecule has 0 aromatic heterocycles. The van der Waals surface area contributed by atoms with Crippen LogP contribution in [-0.2, 0) is 14.3 Å². The van der Waals surface area contributed by atoms with E-state index in [0.29, 0.717) is 25.7 Å². The van der Waals surface area contributed by atoms with Gasteiger partial charge in [-0.05, 0) is 18.8 Å². The number of carbonyl (C=O) groups is 1. The molecule has 1 N–H and O–H groups in total. The van der Waals surface area contributed by atoms with Crippen molar-refractivity contribution in [2.45, 2.75) is 18.9 Å². The maximum atomic E-state index is 11.8. The van der Waals surface area contributed by atoms with Gasteiger partial charge in [-0.15, -0.1) is 0 Å². The zero-order valence-electron chi connectivity index (χ0n) is 9.39. The van der Waals surface area contributed by atoms with E-state index in [1.807, 2.05) is 0 Å². The van der Waals surface area contributed by atoms with Crippen molar-refractivity contribution < 1.29 is 19.4 Å². The van der Waals surface area contributed by atoms with Crippen molar-refractivity contribution in [1.82, 2.24) is 4.90 Å². The second-order valence-electron chi connectivity index (χ2n) is 4.38. The van der Waals surface area contributed by atoms with Crippen LogP contribution in [0, 0.1) is 5.92 Å². The van der Waals surface area contributed by atoms with Crippen LogP contribution in [0.4, 0.5) is 0 Å². The van der Waals surface area contributed by atoms with E-state index in [1.165, 1.54) is 6.26 Å². The van der Waals surface area contributed by atoms with Gasteiger partial charge in [-0.25, -0.2) is 0 Å². The summed E-state index contributed by atoms with van der Waals surface area (Å²) in [6.07, 6.45) is 2.77. The molecule has 2 aliphatic rings. The van der Waals surface area contributed by atoms with E-state index in [2.05, 4.69) is 0 Å². The smallest absolute Gasteiger partial charge is 0.291 e. The summed E-state index contributed by atoms with van der Waals surface area (Å²) in [6.45, 7) is 1.58. The number of carbonyl (C=O) groups excluding carboxylic acids is 1. The molecule has 0 bridgehead atoms. The minimum Gasteiger partial charge on any atom is -0.494 e. The summed E-state index contributed by atoms with van der Waals surface area (Å²) in [5.41, 5.74) is 0. The fraction of sp³-hybridized carbons (Fsp3) is 0.727. The largest absolute Gasteiger partial charge is 0.494 e. The fourth-order valence-corrected chi connectivity index (χ4v) is 1.99. The van der Waals surface area contributed by atoms with E-state index in [-0.39, 0.29) is 17.8 Å². The summed E-state index contributed by atoms with van der Waals surface area (Å²) in [7, 11) is 1.74. The first-order chi connectivity index (χ1) is 7.66. The number of amides is 1. The molecule has 5 nitrogen and oxygen atoms in total. The van der Waals surface area contributed by atoms with Gasteiger partial charge in [0.2, 0.25) is 5.76 Å². The minimum atomic E-state index is -0.179. The van der Waals surface area contributed by atoms with E-state index in [9.17, 15) is 4.79 Å². The van der Waals surface area contributed by atoms with E-state index < -0.39 is 0 Å². The highest BCUT2D eigenvalue weighted by atomic mass is 16.6. The Hall–Kier alpha value is -1.23. The van der Waals surface area contributed by atoms with Gasteiger partial charge in [-0.2, -0.15) is 0 Å². The molecule has 1 aliphatic heterocycles. The van der Waals surface area contributed by atoms with Crippen LogP contribution in [0.1, 0.15) is 12.8 Å². The number of rotatable bonds is 3. The Morgan fingerprint density at radius 1 is 1.56 bits per heavy atom. The van der Waals surface area contributed by atoms with Gasteiger partial charge in [0, 0.05) is 13.6 Å². The first-order valence-electron chi connectivity index (χ1n) is 5.55. The Morgan fingerprint density at radius 3 is 2.88 bits per heavy atom. The highest BCUT2D eigenvalue weighted by molar-refractivity contribution is 5.91. The molecule has 0 unspecified atom stereocenters. The van der Waals surface area contributed by atoms with Crippen molar-refractivity contribution in [2.75, 3.05) is 26.8 Å². The number of likely N-dealkylation sites (N-methyl/N-ethyl adjacent to an activating group) is 1. The highest BCUT2D eigenvalue weighted by Gasteiger charge is 2.30. The van der Waals surface area contributed by atoms with E-state index in [4.69, 9.17) is 14.6 Å². The minimum absolute atomic E-state index is 0.152. The van der Waals surface area contributed by atoms with Crippen molar-refractivity contribution in [2.24, 2.45) is 5.92 Å². The standard InChI is InChI=1S/C11H17NO4/c1-12(6-8-4-9(13)5-8)11(14)10-7-15-2-3-16-10/h7-9,13H,2-6H2,1H3. The predicted octanol–water partition coefficient (Wildman–Crippen LogP) is 0.104. The lowest BCUT2D eigenvalue weighted by Crippen LogP contribution is -2.40. The Morgan fingerprint density at radius 2 is 2.31 bits per heavy atom. The van der Waals surface area contributed by atoms with E-state index in [1.54, 1.807) is 11.9 Å². The average molecular weight is 227 g/mol. The average Bonchev–Trinajstić information content (AvgIpc) is 2.27. The maximum absolute atomic E-state index is 11.8. The zero-order valence-corrected chi connectivity index (χ0v) is 9.39. The van der Waals surface area contributed by atoms with Crippen molar-refractivity contribution >= 4 is 5.91 Å². The van der Waals surface area contributed by atoms with Crippen LogP contribution in [0.2, 0.25) is 0 Å². The molecule has 90 valence electrons. The van der Waals surface area contributed by atoms with Gasteiger partial charge in [-0.1, -0.05) is 0 Å². The number of aliphatic hydroxyl groups is 1. The normalized spacial score (nSPS) is 28.2. The molecule has 0 spiro atoms. The van der Waals surface area contributed by atoms with Crippen LogP contribution in [0.5, 0.6) is 0 Å². The number of nitrogens with zero attached hydrogens (tertiary/aromatic N) is 1. The lowest BCUT2D eigenvalue weighted by Gasteiger charge is -2.34. The summed E-state index contributed by atoms with van der Waals surface area (Å²) in [5.74, 6) is 0.531. The van der Waals surface area contributed by atoms with Gasteiger partial charge in [0.05, 0.1) is 6.10 Å². The molecule has 0 aromatic carbocycles. The Bertz CT molecular complexity index is 296. The first kappa shape index (κ1) is 11.3. The molecule has 16 heavy (non-hydrogen) atoms. The third kappa shape index (κ3) is 2.47. The maximum Gasteiger partial charge on any atom is 0.291 e. The van der Waals surface area contributed by atoms with Gasteiger partial charge >= 0.3 is 0 Å². The molecule has 1 saturated carbocycles. The summed E-state index contributed by atoms with van der Waals surface area (Å²) in [4.78, 5) is 13.5. The molecule has 2 rings (SSSR count). The lowest BCUT2D eigenvalue weighted by molar-refractivity contribution is -0.132. The molecular formula is C11H17NO4. The summed E-state index contributed by atoms with van der Waals surface area (Å²) < 4.78 is 10.3. The summed E-state index contributed by atoms with van der Waals surface area (Å²) >= 11 is 0. The Kier molecular flexibility index (Phi) is 3.33. The van der Waals surface area contributed by atoms with Crippen LogP contribution < -0.4 is 0 Å². The van der Waals surface area contributed by atoms with E-state index in [0.717, 1.165) is 12.8 Å². The Balaban J connectivity index is 1.81. The Labute approximate surface area is 94.6 Å². The van der Waals surface area contributed by atoms with Gasteiger partial charge in [0.15, 0.2) is 0 Å². The second kappa shape index (κ2) is 4.74. The molecule has 1 fully saturated rings. The van der Waals surface area contributed by atoms with Crippen molar-refractivity contribution in [3.8, 4) is 0 Å². The number of hydrogen-bond donors (Lipinski definition) is 1. The summed E-state index contributed by atoms with van der Waals surface area (Å²) in [6, 6.07) is 0. The molecule has 0 aromatic rings. The zero-order chi connectivity index (χ0) is 11.5. The van der Waals surface area contributed by atoms with Crippen LogP contribution in [0.15, 0.2) is 12.0 Å². The van der Waals surface area contributed by atoms with Crippen molar-refractivity contribution in [1.29, 1.82) is 0 Å². The molecule has 1 heterocycles. The monoisotopic (exact) mass is 227 g/mol. The molecule has 1 aliphatic carbocycles. The van der Waals surface area contributed by atoms with Gasteiger partial charge < -0.3 is 19.5 Å². The lowest BCUT2D eigenvalue weighted by atomic mass is 9.82. The van der Waals surface area contributed by atoms with Crippen LogP contribution in [0.25, 0.3) is 0 Å². The van der Waals surface area contributed by atoms with Crippen LogP contribution in [0.3, 0.4) is 0 Å². The third-order valence-electron chi connectivity index (χ3n) is 2.95. The first-order valence-corrected chi connectivity index (χ1v) is 5.55. The van der Waals surface area contributed by atoms with Gasteiger partial charge in [-0.3, -0.25) is 4.79 Å². The number of aliphatic hydroxyl groups excluding tert-OH is 1. The van der Waals surface area contributed by atoms with E-state index >= 15 is 0 Å². The summed E-state index contributed by atoms with van der Waals surface area (Å²) in [5, 5.41) is 9.16. The van der Waals surface area contributed by atoms with Gasteiger partial charge in [0.1, 0.15) is 19.5 Å². The molecule has 1 amide bonds. The predicted molar refractivity (Wildman–Crippen MR) is 56.4 cm³/mol. The molecule has 5 heteroatoms. The van der Waals surface area contributed by atoms with Crippen molar-refractivity contribution in [3.05, 3.63) is 12.0 Å². The molecule has 0 radical (unpaired) electrons.